The van der Waals surface area contributed by atoms with Crippen LogP contribution in [0.25, 0.3) is 11.2 Å². The summed E-state index contributed by atoms with van der Waals surface area (Å²) < 4.78 is 6.52. The number of fused-ring (bicyclic) bond motifs is 1. The standard InChI is InChI=1S/C10H13N7O5/c11-10-14-6-2(7(20)15-10)13-1-17(6)9-4(19)3(18)5(22-9)8(21)16-12/h1,3-5,9,18-19H,12H2,(H,16,21)(H3,11,14,15,20)/t3-,4+,5-,9+/m0/s1. The van der Waals surface area contributed by atoms with Gasteiger partial charge in [0.1, 0.15) is 12.2 Å². The number of H-pyrrole nitrogens is 1. The first-order valence-corrected chi connectivity index (χ1v) is 6.18. The number of ether oxygens (including phenoxy) is 1. The van der Waals surface area contributed by atoms with Crippen LogP contribution in [0.15, 0.2) is 11.1 Å². The van der Waals surface area contributed by atoms with Gasteiger partial charge in [-0.1, -0.05) is 0 Å². The van der Waals surface area contributed by atoms with Crippen molar-refractivity contribution in [1.82, 2.24) is 24.9 Å². The summed E-state index contributed by atoms with van der Waals surface area (Å²) in [6.45, 7) is 0. The highest BCUT2D eigenvalue weighted by Crippen LogP contribution is 2.31. The summed E-state index contributed by atoms with van der Waals surface area (Å²) in [4.78, 5) is 33.3. The fourth-order valence-corrected chi connectivity index (χ4v) is 2.32. The van der Waals surface area contributed by atoms with Crippen LogP contribution >= 0.6 is 0 Å². The molecule has 0 aromatic carbocycles. The van der Waals surface area contributed by atoms with Gasteiger partial charge in [-0.15, -0.1) is 0 Å². The van der Waals surface area contributed by atoms with Crippen LogP contribution in [-0.4, -0.2) is 54.0 Å². The highest BCUT2D eigenvalue weighted by atomic mass is 16.6. The van der Waals surface area contributed by atoms with Gasteiger partial charge < -0.3 is 20.7 Å². The molecule has 12 nitrogen and oxygen atoms in total. The lowest BCUT2D eigenvalue weighted by molar-refractivity contribution is -0.137. The lowest BCUT2D eigenvalue weighted by atomic mass is 10.1. The first-order valence-electron chi connectivity index (χ1n) is 6.18. The van der Waals surface area contributed by atoms with E-state index in [0.717, 1.165) is 0 Å². The monoisotopic (exact) mass is 311 g/mol. The molecule has 1 aliphatic rings. The number of hydrazine groups is 1. The maximum atomic E-state index is 11.7. The summed E-state index contributed by atoms with van der Waals surface area (Å²) in [5.74, 6) is 4.04. The Morgan fingerprint density at radius 3 is 2.86 bits per heavy atom. The van der Waals surface area contributed by atoms with Crippen molar-refractivity contribution in [2.24, 2.45) is 5.84 Å². The molecule has 1 fully saturated rings. The number of aliphatic hydroxyl groups is 2. The molecule has 0 unspecified atom stereocenters. The van der Waals surface area contributed by atoms with Crippen LogP contribution in [-0.2, 0) is 9.53 Å². The van der Waals surface area contributed by atoms with Gasteiger partial charge >= 0.3 is 0 Å². The van der Waals surface area contributed by atoms with Crippen LogP contribution in [0.1, 0.15) is 6.23 Å². The molecule has 3 rings (SSSR count). The number of carbonyl (C=O) groups is 1. The largest absolute Gasteiger partial charge is 0.387 e. The van der Waals surface area contributed by atoms with Crippen LogP contribution in [0.3, 0.4) is 0 Å². The molecule has 0 aliphatic carbocycles. The summed E-state index contributed by atoms with van der Waals surface area (Å²) in [7, 11) is 0. The Morgan fingerprint density at radius 2 is 2.18 bits per heavy atom. The first kappa shape index (κ1) is 14.4. The topological polar surface area (TPSA) is 194 Å². The lowest BCUT2D eigenvalue weighted by Crippen LogP contribution is -2.45. The van der Waals surface area contributed by atoms with E-state index in [-0.39, 0.29) is 17.1 Å². The number of aliphatic hydroxyl groups excluding tert-OH is 2. The van der Waals surface area contributed by atoms with Crippen LogP contribution in [0.4, 0.5) is 5.95 Å². The number of aromatic amines is 1. The molecule has 0 saturated carbocycles. The minimum Gasteiger partial charge on any atom is -0.387 e. The van der Waals surface area contributed by atoms with Crippen LogP contribution < -0.4 is 22.6 Å². The number of hydrogen-bond donors (Lipinski definition) is 6. The van der Waals surface area contributed by atoms with Crippen molar-refractivity contribution in [3.63, 3.8) is 0 Å². The number of hydrogen-bond acceptors (Lipinski definition) is 9. The zero-order chi connectivity index (χ0) is 16.0. The van der Waals surface area contributed by atoms with Crippen LogP contribution in [0.2, 0.25) is 0 Å². The second kappa shape index (κ2) is 5.03. The van der Waals surface area contributed by atoms with E-state index in [4.69, 9.17) is 16.3 Å². The van der Waals surface area contributed by atoms with Gasteiger partial charge in [0.15, 0.2) is 23.5 Å². The van der Waals surface area contributed by atoms with Crippen LogP contribution in [0.5, 0.6) is 0 Å². The van der Waals surface area contributed by atoms with Gasteiger partial charge in [-0.3, -0.25) is 24.6 Å². The Balaban J connectivity index is 2.05. The van der Waals surface area contributed by atoms with Gasteiger partial charge in [0, 0.05) is 0 Å². The van der Waals surface area contributed by atoms with E-state index in [0.29, 0.717) is 0 Å². The summed E-state index contributed by atoms with van der Waals surface area (Å²) in [6, 6.07) is 0. The Kier molecular flexibility index (Phi) is 3.29. The van der Waals surface area contributed by atoms with Gasteiger partial charge in [-0.25, -0.2) is 10.8 Å². The maximum absolute atomic E-state index is 11.7. The first-order chi connectivity index (χ1) is 10.4. The van der Waals surface area contributed by atoms with Crippen molar-refractivity contribution in [2.75, 3.05) is 5.73 Å². The molecular formula is C10H13N7O5. The third kappa shape index (κ3) is 2.01. The Hall–Kier alpha value is -2.54. The molecule has 8 N–H and O–H groups in total. The predicted octanol–water partition coefficient (Wildman–Crippen LogP) is -3.69. The molecule has 2 aromatic heterocycles. The van der Waals surface area contributed by atoms with Crippen molar-refractivity contribution < 1.29 is 19.7 Å². The molecule has 118 valence electrons. The van der Waals surface area contributed by atoms with Crippen molar-refractivity contribution in [2.45, 2.75) is 24.5 Å². The molecule has 1 saturated heterocycles. The second-order valence-corrected chi connectivity index (χ2v) is 4.71. The molecular weight excluding hydrogens is 298 g/mol. The highest BCUT2D eigenvalue weighted by Gasteiger charge is 2.47. The second-order valence-electron chi connectivity index (χ2n) is 4.71. The Bertz CT molecular complexity index is 786. The molecule has 0 radical (unpaired) electrons. The Labute approximate surface area is 121 Å². The van der Waals surface area contributed by atoms with Gasteiger partial charge in [0.2, 0.25) is 5.95 Å². The molecule has 0 spiro atoms. The van der Waals surface area contributed by atoms with Gasteiger partial charge in [-0.2, -0.15) is 4.98 Å². The normalized spacial score (nSPS) is 28.1. The zero-order valence-corrected chi connectivity index (χ0v) is 11.0. The molecule has 12 heteroatoms. The quantitative estimate of drug-likeness (QED) is 0.184. The van der Waals surface area contributed by atoms with Crippen LogP contribution in [0, 0.1) is 0 Å². The van der Waals surface area contributed by atoms with E-state index in [1.807, 2.05) is 5.43 Å². The number of nitrogens with two attached hydrogens (primary N) is 2. The molecule has 22 heavy (non-hydrogen) atoms. The number of aromatic nitrogens is 4. The summed E-state index contributed by atoms with van der Waals surface area (Å²) in [5.41, 5.74) is 6.76. The lowest BCUT2D eigenvalue weighted by Gasteiger charge is -2.16. The van der Waals surface area contributed by atoms with Gasteiger partial charge in [0.25, 0.3) is 11.5 Å². The van der Waals surface area contributed by atoms with E-state index in [1.54, 1.807) is 0 Å². The van der Waals surface area contributed by atoms with E-state index in [9.17, 15) is 19.8 Å². The number of anilines is 1. The van der Waals surface area contributed by atoms with Gasteiger partial charge in [0.05, 0.1) is 6.33 Å². The molecule has 1 aliphatic heterocycles. The maximum Gasteiger partial charge on any atom is 0.280 e. The van der Waals surface area contributed by atoms with Crippen molar-refractivity contribution in [1.29, 1.82) is 0 Å². The number of imidazole rings is 1. The summed E-state index contributed by atoms with van der Waals surface area (Å²) in [6.07, 6.45) is -4.33. The average Bonchev–Trinajstić information content (AvgIpc) is 3.01. The average molecular weight is 311 g/mol. The number of nitrogens with zero attached hydrogens (tertiary/aromatic N) is 3. The summed E-state index contributed by atoms with van der Waals surface area (Å²) >= 11 is 0. The SMILES string of the molecule is NNC(=O)[C@H]1O[C@@H](n2cnc3c(=O)[nH]c(N)nc32)[C@H](O)[C@@H]1O. The van der Waals surface area contributed by atoms with E-state index >= 15 is 0 Å². The molecule has 1 amide bonds. The highest BCUT2D eigenvalue weighted by molar-refractivity contribution is 5.81. The van der Waals surface area contributed by atoms with Gasteiger partial charge in [-0.05, 0) is 0 Å². The van der Waals surface area contributed by atoms with E-state index < -0.39 is 36.0 Å². The molecule has 0 bridgehead atoms. The number of nitrogen functional groups attached to an aromatic ring is 1. The minimum atomic E-state index is -1.51. The molecule has 2 aromatic rings. The Morgan fingerprint density at radius 1 is 1.45 bits per heavy atom. The van der Waals surface area contributed by atoms with E-state index in [1.165, 1.54) is 10.9 Å². The zero-order valence-electron chi connectivity index (χ0n) is 11.0. The number of nitrogens with one attached hydrogen (secondary N) is 2. The number of rotatable bonds is 2. The number of carbonyl (C=O) groups excluding carboxylic acids is 1. The van der Waals surface area contributed by atoms with Crippen molar-refractivity contribution in [3.8, 4) is 0 Å². The third-order valence-electron chi connectivity index (χ3n) is 3.36. The van der Waals surface area contributed by atoms with Crippen molar-refractivity contribution >= 4 is 23.0 Å². The van der Waals surface area contributed by atoms with Crippen molar-refractivity contribution in [3.05, 3.63) is 16.7 Å². The molecule has 4 atom stereocenters. The minimum absolute atomic E-state index is 0.0220. The van der Waals surface area contributed by atoms with E-state index in [2.05, 4.69) is 15.0 Å². The smallest absolute Gasteiger partial charge is 0.280 e. The number of amides is 1. The fourth-order valence-electron chi connectivity index (χ4n) is 2.32. The molecule has 3 heterocycles. The predicted molar refractivity (Wildman–Crippen MR) is 70.8 cm³/mol. The fraction of sp³-hybridized carbons (Fsp3) is 0.400. The summed E-state index contributed by atoms with van der Waals surface area (Å²) in [5, 5.41) is 19.9. The third-order valence-corrected chi connectivity index (χ3v) is 3.36.